The minimum atomic E-state index is -1.12. The first kappa shape index (κ1) is 14.6. The maximum Gasteiger partial charge on any atom is 0.374 e. The van der Waals surface area contributed by atoms with Crippen molar-refractivity contribution in [3.05, 3.63) is 35.1 Å². The third-order valence-electron chi connectivity index (χ3n) is 4.10. The molecule has 5 heteroatoms. The van der Waals surface area contributed by atoms with E-state index >= 15 is 0 Å². The van der Waals surface area contributed by atoms with Crippen LogP contribution in [0.4, 0.5) is 0 Å². The van der Waals surface area contributed by atoms with Crippen molar-refractivity contribution in [3.63, 3.8) is 0 Å². The predicted octanol–water partition coefficient (Wildman–Crippen LogP) is 3.84. The summed E-state index contributed by atoms with van der Waals surface area (Å²) >= 11 is 0. The molecule has 0 atom stereocenters. The Hall–Kier alpha value is -2.30. The van der Waals surface area contributed by atoms with E-state index in [0.717, 1.165) is 22.4 Å². The van der Waals surface area contributed by atoms with E-state index in [1.165, 1.54) is 25.3 Å². The summed E-state index contributed by atoms with van der Waals surface area (Å²) in [6.45, 7) is 4.68. The van der Waals surface area contributed by atoms with E-state index in [4.69, 9.17) is 14.4 Å². The van der Waals surface area contributed by atoms with E-state index in [9.17, 15) is 4.79 Å². The molecule has 1 fully saturated rings. The number of aromatic carboxylic acids is 1. The van der Waals surface area contributed by atoms with Gasteiger partial charge in [-0.25, -0.2) is 4.79 Å². The first-order valence-electron chi connectivity index (χ1n) is 7.49. The van der Waals surface area contributed by atoms with Crippen LogP contribution in [-0.2, 0) is 0 Å². The van der Waals surface area contributed by atoms with Crippen molar-refractivity contribution < 1.29 is 19.2 Å². The molecule has 0 saturated heterocycles. The second-order valence-corrected chi connectivity index (χ2v) is 5.95. The molecule has 1 N–H and O–H groups in total. The SMILES string of the molecule is Cc1cc(C)c(OCC2CCC2)c(-c2cc(C(=O)O)on2)c1. The van der Waals surface area contributed by atoms with Crippen LogP contribution in [0.15, 0.2) is 22.7 Å². The molecular formula is C17H19NO4. The fourth-order valence-electron chi connectivity index (χ4n) is 2.70. The average molecular weight is 301 g/mol. The third kappa shape index (κ3) is 2.84. The van der Waals surface area contributed by atoms with Gasteiger partial charge in [0.15, 0.2) is 0 Å². The third-order valence-corrected chi connectivity index (χ3v) is 4.10. The highest BCUT2D eigenvalue weighted by Crippen LogP contribution is 2.35. The topological polar surface area (TPSA) is 72.6 Å². The maximum absolute atomic E-state index is 11.0. The Morgan fingerprint density at radius 1 is 1.36 bits per heavy atom. The maximum atomic E-state index is 11.0. The van der Waals surface area contributed by atoms with E-state index in [1.54, 1.807) is 0 Å². The van der Waals surface area contributed by atoms with E-state index in [2.05, 4.69) is 11.2 Å². The highest BCUT2D eigenvalue weighted by Gasteiger charge is 2.21. The number of carbonyl (C=O) groups is 1. The van der Waals surface area contributed by atoms with Gasteiger partial charge in [0.1, 0.15) is 11.4 Å². The molecule has 1 saturated carbocycles. The summed E-state index contributed by atoms with van der Waals surface area (Å²) in [5.41, 5.74) is 3.37. The van der Waals surface area contributed by atoms with Crippen LogP contribution in [0.25, 0.3) is 11.3 Å². The fourth-order valence-corrected chi connectivity index (χ4v) is 2.70. The Balaban J connectivity index is 1.94. The molecule has 0 amide bonds. The first-order chi connectivity index (χ1) is 10.5. The second-order valence-electron chi connectivity index (χ2n) is 5.95. The van der Waals surface area contributed by atoms with Crippen molar-refractivity contribution in [2.24, 2.45) is 5.92 Å². The molecule has 116 valence electrons. The van der Waals surface area contributed by atoms with Gasteiger partial charge in [-0.2, -0.15) is 0 Å². The zero-order valence-corrected chi connectivity index (χ0v) is 12.8. The van der Waals surface area contributed by atoms with Gasteiger partial charge in [0.25, 0.3) is 0 Å². The lowest BCUT2D eigenvalue weighted by Crippen LogP contribution is -2.19. The lowest BCUT2D eigenvalue weighted by molar-refractivity contribution is 0.0652. The highest BCUT2D eigenvalue weighted by atomic mass is 16.5. The predicted molar refractivity (Wildman–Crippen MR) is 81.2 cm³/mol. The Bertz CT molecular complexity index is 701. The lowest BCUT2D eigenvalue weighted by Gasteiger charge is -2.26. The van der Waals surface area contributed by atoms with Crippen LogP contribution in [0.3, 0.4) is 0 Å². The van der Waals surface area contributed by atoms with E-state index in [0.29, 0.717) is 18.2 Å². The van der Waals surface area contributed by atoms with Crippen LogP contribution in [0.1, 0.15) is 40.9 Å². The minimum Gasteiger partial charge on any atom is -0.492 e. The number of nitrogens with zero attached hydrogens (tertiary/aromatic N) is 1. The van der Waals surface area contributed by atoms with Gasteiger partial charge in [-0.05, 0) is 49.8 Å². The van der Waals surface area contributed by atoms with Crippen LogP contribution >= 0.6 is 0 Å². The van der Waals surface area contributed by atoms with Gasteiger partial charge in [0.2, 0.25) is 5.76 Å². The molecule has 1 aromatic carbocycles. The zero-order valence-electron chi connectivity index (χ0n) is 12.8. The van der Waals surface area contributed by atoms with Crippen molar-refractivity contribution in [1.29, 1.82) is 0 Å². The normalized spacial score (nSPS) is 14.6. The van der Waals surface area contributed by atoms with Crippen molar-refractivity contribution in [1.82, 2.24) is 5.16 Å². The largest absolute Gasteiger partial charge is 0.492 e. The molecule has 3 rings (SSSR count). The van der Waals surface area contributed by atoms with Gasteiger partial charge in [-0.3, -0.25) is 0 Å². The molecule has 22 heavy (non-hydrogen) atoms. The smallest absolute Gasteiger partial charge is 0.374 e. The van der Waals surface area contributed by atoms with E-state index in [1.807, 2.05) is 19.9 Å². The number of carboxylic acids is 1. The van der Waals surface area contributed by atoms with Crippen molar-refractivity contribution >= 4 is 5.97 Å². The first-order valence-corrected chi connectivity index (χ1v) is 7.49. The Kier molecular flexibility index (Phi) is 3.88. The summed E-state index contributed by atoms with van der Waals surface area (Å²) in [7, 11) is 0. The van der Waals surface area contributed by atoms with Gasteiger partial charge in [-0.15, -0.1) is 0 Å². The molecule has 2 aromatic rings. The zero-order chi connectivity index (χ0) is 15.7. The van der Waals surface area contributed by atoms with E-state index < -0.39 is 5.97 Å². The molecule has 0 radical (unpaired) electrons. The minimum absolute atomic E-state index is 0.167. The molecular weight excluding hydrogens is 282 g/mol. The monoisotopic (exact) mass is 301 g/mol. The van der Waals surface area contributed by atoms with Crippen LogP contribution < -0.4 is 4.74 Å². The van der Waals surface area contributed by atoms with Gasteiger partial charge in [0.05, 0.1) is 6.61 Å². The number of benzene rings is 1. The number of hydrogen-bond donors (Lipinski definition) is 1. The quantitative estimate of drug-likeness (QED) is 0.908. The molecule has 0 bridgehead atoms. The molecule has 1 aliphatic carbocycles. The lowest BCUT2D eigenvalue weighted by atomic mass is 9.86. The average Bonchev–Trinajstić information content (AvgIpc) is 2.88. The molecule has 0 unspecified atom stereocenters. The van der Waals surface area contributed by atoms with Gasteiger partial charge >= 0.3 is 5.97 Å². The van der Waals surface area contributed by atoms with Crippen LogP contribution in [0.2, 0.25) is 0 Å². The summed E-state index contributed by atoms with van der Waals surface area (Å²) in [5.74, 6) is 0.0994. The number of hydrogen-bond acceptors (Lipinski definition) is 4. The molecule has 1 heterocycles. The summed E-state index contributed by atoms with van der Waals surface area (Å²) in [6, 6.07) is 5.44. The van der Waals surface area contributed by atoms with Gasteiger partial charge < -0.3 is 14.4 Å². The number of rotatable bonds is 5. The van der Waals surface area contributed by atoms with Crippen LogP contribution in [0, 0.1) is 19.8 Å². The standard InChI is InChI=1S/C17H19NO4/c1-10-6-11(2)16(21-9-12-4-3-5-12)13(7-10)14-8-15(17(19)20)22-18-14/h6-8,12H,3-5,9H2,1-2H3,(H,19,20). The van der Waals surface area contributed by atoms with Gasteiger partial charge in [-0.1, -0.05) is 17.6 Å². The number of aryl methyl sites for hydroxylation is 2. The summed E-state index contributed by atoms with van der Waals surface area (Å²) in [6.07, 6.45) is 3.71. The van der Waals surface area contributed by atoms with Crippen molar-refractivity contribution in [2.45, 2.75) is 33.1 Å². The molecule has 1 aromatic heterocycles. The van der Waals surface area contributed by atoms with Crippen molar-refractivity contribution in [2.75, 3.05) is 6.61 Å². The second kappa shape index (κ2) is 5.83. The van der Waals surface area contributed by atoms with Crippen LogP contribution in [-0.4, -0.2) is 22.8 Å². The summed E-state index contributed by atoms with van der Waals surface area (Å²) in [4.78, 5) is 11.0. The molecule has 1 aliphatic rings. The molecule has 0 aliphatic heterocycles. The van der Waals surface area contributed by atoms with Crippen LogP contribution in [0.5, 0.6) is 5.75 Å². The molecule has 0 spiro atoms. The Labute approximate surface area is 128 Å². The molecule has 5 nitrogen and oxygen atoms in total. The number of ether oxygens (including phenoxy) is 1. The Morgan fingerprint density at radius 2 is 2.14 bits per heavy atom. The van der Waals surface area contributed by atoms with E-state index in [-0.39, 0.29) is 5.76 Å². The number of aromatic nitrogens is 1. The summed E-state index contributed by atoms with van der Waals surface area (Å²) < 4.78 is 10.9. The highest BCUT2D eigenvalue weighted by molar-refractivity contribution is 5.86. The fraction of sp³-hybridized carbons (Fsp3) is 0.412. The number of carboxylic acid groups (broad SMARTS) is 1. The Morgan fingerprint density at radius 3 is 2.73 bits per heavy atom. The van der Waals surface area contributed by atoms with Crippen molar-refractivity contribution in [3.8, 4) is 17.0 Å². The summed E-state index contributed by atoms with van der Waals surface area (Å²) in [5, 5.41) is 12.9. The van der Waals surface area contributed by atoms with Gasteiger partial charge in [0, 0.05) is 11.6 Å².